The van der Waals surface area contributed by atoms with Crippen molar-refractivity contribution in [2.75, 3.05) is 7.11 Å². The molecule has 0 amide bonds. The van der Waals surface area contributed by atoms with Crippen LogP contribution < -0.4 is 0 Å². The molecule has 1 aromatic carbocycles. The van der Waals surface area contributed by atoms with Gasteiger partial charge in [-0.05, 0) is 40.2 Å². The van der Waals surface area contributed by atoms with Gasteiger partial charge in [0.25, 0.3) is 5.69 Å². The van der Waals surface area contributed by atoms with Crippen LogP contribution in [0.3, 0.4) is 0 Å². The predicted molar refractivity (Wildman–Crippen MR) is 80.0 cm³/mol. The average Bonchev–Trinajstić information content (AvgIpc) is 3.01. The smallest absolute Gasteiger partial charge is 0.373 e. The number of halogens is 1. The highest BCUT2D eigenvalue weighted by atomic mass is 79.9. The normalized spacial score (nSPS) is 10.2. The number of hydrogen-bond acceptors (Lipinski definition) is 7. The van der Waals surface area contributed by atoms with E-state index in [9.17, 15) is 19.7 Å². The predicted octanol–water partition coefficient (Wildman–Crippen LogP) is 3.09. The topological polar surface area (TPSA) is 109 Å². The zero-order chi connectivity index (χ0) is 17.0. The van der Waals surface area contributed by atoms with Crippen molar-refractivity contribution < 1.29 is 28.4 Å². The Morgan fingerprint density at radius 3 is 2.65 bits per heavy atom. The lowest BCUT2D eigenvalue weighted by molar-refractivity contribution is -0.385. The number of rotatable bonds is 5. The van der Waals surface area contributed by atoms with Crippen LogP contribution in [0.5, 0.6) is 0 Å². The van der Waals surface area contributed by atoms with Crippen LogP contribution in [0.15, 0.2) is 39.2 Å². The molecule has 1 aromatic heterocycles. The van der Waals surface area contributed by atoms with Crippen molar-refractivity contribution >= 4 is 33.6 Å². The molecule has 2 aromatic rings. The number of benzene rings is 1. The monoisotopic (exact) mass is 383 g/mol. The van der Waals surface area contributed by atoms with E-state index < -0.39 is 16.9 Å². The molecule has 8 nitrogen and oxygen atoms in total. The molecule has 0 spiro atoms. The Balaban J connectivity index is 2.05. The molecule has 1 heterocycles. The average molecular weight is 384 g/mol. The van der Waals surface area contributed by atoms with Crippen molar-refractivity contribution in [3.05, 3.63) is 62.0 Å². The number of nitrogens with zero attached hydrogens (tertiary/aromatic N) is 1. The third-order valence-corrected chi connectivity index (χ3v) is 3.44. The Hall–Kier alpha value is -2.68. The minimum atomic E-state index is -0.753. The van der Waals surface area contributed by atoms with Gasteiger partial charge in [-0.3, -0.25) is 10.1 Å². The second kappa shape index (κ2) is 7.05. The van der Waals surface area contributed by atoms with Gasteiger partial charge in [-0.1, -0.05) is 0 Å². The number of nitro benzene ring substituents is 1. The van der Waals surface area contributed by atoms with Gasteiger partial charge in [-0.2, -0.15) is 0 Å². The second-order valence-electron chi connectivity index (χ2n) is 4.26. The number of methoxy groups -OCH3 is 1. The summed E-state index contributed by atoms with van der Waals surface area (Å²) in [5.74, 6) is -1.18. The lowest BCUT2D eigenvalue weighted by Gasteiger charge is -2.03. The van der Waals surface area contributed by atoms with Gasteiger partial charge in [0.05, 0.1) is 22.1 Å². The third-order valence-electron chi connectivity index (χ3n) is 2.77. The summed E-state index contributed by atoms with van der Waals surface area (Å²) in [6.45, 7) is -0.223. The Labute approximate surface area is 138 Å². The van der Waals surface area contributed by atoms with Crippen molar-refractivity contribution in [1.29, 1.82) is 0 Å². The van der Waals surface area contributed by atoms with Crippen molar-refractivity contribution in [3.8, 4) is 0 Å². The summed E-state index contributed by atoms with van der Waals surface area (Å²) >= 11 is 3.03. The van der Waals surface area contributed by atoms with Crippen LogP contribution in [-0.2, 0) is 16.1 Å². The number of nitro groups is 1. The number of esters is 2. The molecule has 0 saturated carbocycles. The Bertz CT molecular complexity index is 768. The lowest BCUT2D eigenvalue weighted by Crippen LogP contribution is -2.06. The van der Waals surface area contributed by atoms with Crippen LogP contribution in [0.1, 0.15) is 26.7 Å². The maximum Gasteiger partial charge on any atom is 0.373 e. The van der Waals surface area contributed by atoms with Crippen molar-refractivity contribution in [1.82, 2.24) is 0 Å². The van der Waals surface area contributed by atoms with Crippen molar-refractivity contribution in [2.45, 2.75) is 6.61 Å². The van der Waals surface area contributed by atoms with Gasteiger partial charge in [-0.15, -0.1) is 0 Å². The fourth-order valence-electron chi connectivity index (χ4n) is 1.67. The maximum absolute atomic E-state index is 11.9. The van der Waals surface area contributed by atoms with E-state index in [2.05, 4.69) is 20.7 Å². The molecule has 0 atom stereocenters. The van der Waals surface area contributed by atoms with E-state index in [1.165, 1.54) is 31.4 Å². The highest BCUT2D eigenvalue weighted by Gasteiger charge is 2.18. The second-order valence-corrected chi connectivity index (χ2v) is 5.11. The number of carbonyl (C=O) groups excluding carboxylic acids is 2. The molecule has 2 rings (SSSR count). The molecular formula is C14H10BrNO7. The van der Waals surface area contributed by atoms with Crippen LogP contribution >= 0.6 is 15.9 Å². The molecule has 0 aliphatic heterocycles. The van der Waals surface area contributed by atoms with Crippen molar-refractivity contribution in [2.24, 2.45) is 0 Å². The number of hydrogen-bond donors (Lipinski definition) is 0. The Kier molecular flexibility index (Phi) is 5.12. The minimum absolute atomic E-state index is 0.0159. The van der Waals surface area contributed by atoms with Crippen LogP contribution in [0.25, 0.3) is 0 Å². The van der Waals surface area contributed by atoms with Crippen LogP contribution in [0.2, 0.25) is 0 Å². The first-order chi connectivity index (χ1) is 10.9. The summed E-state index contributed by atoms with van der Waals surface area (Å²) in [6, 6.07) is 6.73. The van der Waals surface area contributed by atoms with Gasteiger partial charge in [0.1, 0.15) is 12.4 Å². The summed E-state index contributed by atoms with van der Waals surface area (Å²) in [4.78, 5) is 33.4. The van der Waals surface area contributed by atoms with Gasteiger partial charge < -0.3 is 13.9 Å². The summed E-state index contributed by atoms with van der Waals surface area (Å²) in [6.07, 6.45) is 0. The van der Waals surface area contributed by atoms with Gasteiger partial charge in [0, 0.05) is 6.07 Å². The fourth-order valence-corrected chi connectivity index (χ4v) is 2.06. The molecule has 0 unspecified atom stereocenters. The van der Waals surface area contributed by atoms with Gasteiger partial charge in [-0.25, -0.2) is 9.59 Å². The number of ether oxygens (including phenoxy) is 2. The van der Waals surface area contributed by atoms with Crippen LogP contribution in [0.4, 0.5) is 5.69 Å². The summed E-state index contributed by atoms with van der Waals surface area (Å²) < 4.78 is 14.9. The van der Waals surface area contributed by atoms with E-state index in [4.69, 9.17) is 9.15 Å². The molecule has 0 fully saturated rings. The molecule has 0 N–H and O–H groups in total. The van der Waals surface area contributed by atoms with E-state index in [1.807, 2.05) is 0 Å². The maximum atomic E-state index is 11.9. The van der Waals surface area contributed by atoms with E-state index in [1.54, 1.807) is 0 Å². The van der Waals surface area contributed by atoms with Crippen molar-refractivity contribution in [3.63, 3.8) is 0 Å². The highest BCUT2D eigenvalue weighted by Crippen LogP contribution is 2.26. The van der Waals surface area contributed by atoms with E-state index in [-0.39, 0.29) is 33.9 Å². The first-order valence-electron chi connectivity index (χ1n) is 6.20. The van der Waals surface area contributed by atoms with Crippen LogP contribution in [0, 0.1) is 10.1 Å². The largest absolute Gasteiger partial charge is 0.463 e. The summed E-state index contributed by atoms with van der Waals surface area (Å²) in [5.41, 5.74) is -0.218. The van der Waals surface area contributed by atoms with Crippen LogP contribution in [-0.4, -0.2) is 24.0 Å². The molecule has 23 heavy (non-hydrogen) atoms. The molecule has 0 aliphatic carbocycles. The van der Waals surface area contributed by atoms with Gasteiger partial charge in [0.2, 0.25) is 5.76 Å². The zero-order valence-corrected chi connectivity index (χ0v) is 13.4. The number of furan rings is 1. The lowest BCUT2D eigenvalue weighted by atomic mass is 10.2. The zero-order valence-electron chi connectivity index (χ0n) is 11.8. The molecule has 0 bridgehead atoms. The minimum Gasteiger partial charge on any atom is -0.463 e. The SMILES string of the molecule is COC(=O)c1ccc(COC(=O)c2ccc(Br)c([N+](=O)[O-])c2)o1. The van der Waals surface area contributed by atoms with Gasteiger partial charge >= 0.3 is 11.9 Å². The molecular weight excluding hydrogens is 374 g/mol. The Morgan fingerprint density at radius 2 is 2.00 bits per heavy atom. The highest BCUT2D eigenvalue weighted by molar-refractivity contribution is 9.10. The summed E-state index contributed by atoms with van der Waals surface area (Å²) in [7, 11) is 1.21. The summed E-state index contributed by atoms with van der Waals surface area (Å²) in [5, 5.41) is 10.8. The fraction of sp³-hybridized carbons (Fsp3) is 0.143. The van der Waals surface area contributed by atoms with E-state index >= 15 is 0 Å². The molecule has 120 valence electrons. The molecule has 0 aliphatic rings. The van der Waals surface area contributed by atoms with E-state index in [0.717, 1.165) is 6.07 Å². The number of carbonyl (C=O) groups is 2. The third kappa shape index (κ3) is 3.95. The molecule has 0 saturated heterocycles. The molecule has 0 radical (unpaired) electrons. The van der Waals surface area contributed by atoms with Gasteiger partial charge in [0.15, 0.2) is 0 Å². The molecule has 9 heteroatoms. The van der Waals surface area contributed by atoms with E-state index in [0.29, 0.717) is 0 Å². The first kappa shape index (κ1) is 16.7. The Morgan fingerprint density at radius 1 is 1.26 bits per heavy atom. The standard InChI is InChI=1S/C14H10BrNO7/c1-21-14(18)12-5-3-9(23-12)7-22-13(17)8-2-4-10(15)11(6-8)16(19)20/h2-6H,7H2,1H3. The quantitative estimate of drug-likeness (QED) is 0.443. The first-order valence-corrected chi connectivity index (χ1v) is 6.99.